The van der Waals surface area contributed by atoms with E-state index in [1.165, 1.54) is 0 Å². The molecule has 0 aliphatic rings. The van der Waals surface area contributed by atoms with E-state index in [0.717, 1.165) is 11.1 Å². The fourth-order valence-electron chi connectivity index (χ4n) is 1.48. The van der Waals surface area contributed by atoms with E-state index in [0.29, 0.717) is 22.4 Å². The Kier molecular flexibility index (Phi) is 2.75. The van der Waals surface area contributed by atoms with Gasteiger partial charge < -0.3 is 15.0 Å². The number of nitrogens with zero attached hydrogens (tertiary/aromatic N) is 1. The molecule has 0 aliphatic heterocycles. The molecule has 2 rings (SSSR count). The Morgan fingerprint density at radius 2 is 2.12 bits per heavy atom. The molecule has 0 radical (unpaired) electrons. The van der Waals surface area contributed by atoms with Gasteiger partial charge in [0.2, 0.25) is 0 Å². The van der Waals surface area contributed by atoms with E-state index < -0.39 is 0 Å². The van der Waals surface area contributed by atoms with Gasteiger partial charge in [0.15, 0.2) is 11.6 Å². The molecule has 1 heterocycles. The van der Waals surface area contributed by atoms with Crippen LogP contribution < -0.4 is 10.5 Å². The molecule has 0 fully saturated rings. The number of rotatable bonds is 2. The van der Waals surface area contributed by atoms with Gasteiger partial charge in [0, 0.05) is 11.6 Å². The van der Waals surface area contributed by atoms with Gasteiger partial charge in [-0.25, -0.2) is 0 Å². The second kappa shape index (κ2) is 4.06. The van der Waals surface area contributed by atoms with Crippen LogP contribution in [-0.2, 0) is 0 Å². The highest BCUT2D eigenvalue weighted by atomic mass is 35.5. The molecular weight excluding hydrogens is 228 g/mol. The zero-order valence-electron chi connectivity index (χ0n) is 8.95. The fourth-order valence-corrected chi connectivity index (χ4v) is 1.76. The number of aryl methyl sites for hydroxylation is 1. The number of ether oxygens (including phenoxy) is 1. The van der Waals surface area contributed by atoms with E-state index >= 15 is 0 Å². The maximum atomic E-state index is 6.17. The van der Waals surface area contributed by atoms with Crippen molar-refractivity contribution in [3.8, 4) is 17.1 Å². The van der Waals surface area contributed by atoms with Crippen molar-refractivity contribution in [2.45, 2.75) is 6.92 Å². The quantitative estimate of drug-likeness (QED) is 0.874. The molecule has 0 spiro atoms. The van der Waals surface area contributed by atoms with Crippen molar-refractivity contribution >= 4 is 17.4 Å². The molecule has 1 aromatic carbocycles. The van der Waals surface area contributed by atoms with Crippen molar-refractivity contribution in [3.63, 3.8) is 0 Å². The number of anilines is 1. The second-order valence-electron chi connectivity index (χ2n) is 3.44. The summed E-state index contributed by atoms with van der Waals surface area (Å²) in [4.78, 5) is 0. The number of halogens is 1. The molecule has 0 saturated carbocycles. The van der Waals surface area contributed by atoms with Crippen molar-refractivity contribution in [3.05, 3.63) is 28.8 Å². The highest BCUT2D eigenvalue weighted by Gasteiger charge is 2.13. The largest absolute Gasteiger partial charge is 0.495 e. The maximum Gasteiger partial charge on any atom is 0.170 e. The summed E-state index contributed by atoms with van der Waals surface area (Å²) < 4.78 is 10.2. The number of nitrogens with two attached hydrogens (primary N) is 1. The summed E-state index contributed by atoms with van der Waals surface area (Å²) in [5, 5.41) is 4.11. The first kappa shape index (κ1) is 10.8. The molecule has 0 atom stereocenters. The molecule has 2 N–H and O–H groups in total. The Morgan fingerprint density at radius 3 is 2.69 bits per heavy atom. The second-order valence-corrected chi connectivity index (χ2v) is 3.82. The topological polar surface area (TPSA) is 61.3 Å². The summed E-state index contributed by atoms with van der Waals surface area (Å²) in [6.45, 7) is 1.95. The Labute approximate surface area is 97.9 Å². The molecule has 0 unspecified atom stereocenters. The van der Waals surface area contributed by atoms with Crippen LogP contribution in [0.3, 0.4) is 0 Å². The Hall–Kier alpha value is -1.68. The number of nitrogen functional groups attached to an aromatic ring is 1. The minimum Gasteiger partial charge on any atom is -0.495 e. The van der Waals surface area contributed by atoms with Gasteiger partial charge in [0.05, 0.1) is 12.1 Å². The number of hydrogen-bond donors (Lipinski definition) is 1. The Balaban J connectivity index is 2.60. The molecule has 2 aromatic rings. The van der Waals surface area contributed by atoms with Crippen molar-refractivity contribution in [2.75, 3.05) is 12.8 Å². The summed E-state index contributed by atoms with van der Waals surface area (Å²) in [5.74, 6) is 1.46. The third kappa shape index (κ3) is 1.84. The molecule has 1 aromatic heterocycles. The van der Waals surface area contributed by atoms with E-state index in [-0.39, 0.29) is 0 Å². The van der Waals surface area contributed by atoms with Crippen molar-refractivity contribution in [2.24, 2.45) is 0 Å². The van der Waals surface area contributed by atoms with Crippen LogP contribution >= 0.6 is 11.6 Å². The number of benzene rings is 1. The maximum absolute atomic E-state index is 6.17. The van der Waals surface area contributed by atoms with Crippen LogP contribution in [0.2, 0.25) is 5.02 Å². The molecule has 0 amide bonds. The van der Waals surface area contributed by atoms with E-state index in [1.807, 2.05) is 19.1 Å². The summed E-state index contributed by atoms with van der Waals surface area (Å²) in [6, 6.07) is 5.37. The third-order valence-corrected chi connectivity index (χ3v) is 2.59. The van der Waals surface area contributed by atoms with Crippen LogP contribution in [0.5, 0.6) is 5.75 Å². The standard InChI is InChI=1S/C11H11ClN2O2/c1-6-3-7(8-5-10(13)14-16-8)11(12)9(4-6)15-2/h3-5H,1-2H3,(H2,13,14). The molecule has 5 heteroatoms. The lowest BCUT2D eigenvalue weighted by atomic mass is 10.1. The van der Waals surface area contributed by atoms with Gasteiger partial charge in [-0.2, -0.15) is 0 Å². The lowest BCUT2D eigenvalue weighted by Crippen LogP contribution is -1.88. The highest BCUT2D eigenvalue weighted by Crippen LogP contribution is 2.36. The smallest absolute Gasteiger partial charge is 0.170 e. The van der Waals surface area contributed by atoms with Crippen LogP contribution in [0, 0.1) is 6.92 Å². The van der Waals surface area contributed by atoms with Gasteiger partial charge in [-0.15, -0.1) is 0 Å². The summed E-state index contributed by atoms with van der Waals surface area (Å²) >= 11 is 6.17. The zero-order valence-corrected chi connectivity index (χ0v) is 9.71. The van der Waals surface area contributed by atoms with Crippen molar-refractivity contribution in [1.29, 1.82) is 0 Å². The summed E-state index contributed by atoms with van der Waals surface area (Å²) in [5.41, 5.74) is 7.24. The van der Waals surface area contributed by atoms with Gasteiger partial charge >= 0.3 is 0 Å². The molecule has 84 valence electrons. The van der Waals surface area contributed by atoms with Crippen LogP contribution in [-0.4, -0.2) is 12.3 Å². The summed E-state index contributed by atoms with van der Waals surface area (Å²) in [6.07, 6.45) is 0. The SMILES string of the molecule is COc1cc(C)cc(-c2cc(N)no2)c1Cl. The van der Waals surface area contributed by atoms with Crippen LogP contribution in [0.15, 0.2) is 22.7 Å². The van der Waals surface area contributed by atoms with Gasteiger partial charge in [-0.1, -0.05) is 16.8 Å². The van der Waals surface area contributed by atoms with Crippen molar-refractivity contribution in [1.82, 2.24) is 5.16 Å². The lowest BCUT2D eigenvalue weighted by molar-refractivity contribution is 0.413. The monoisotopic (exact) mass is 238 g/mol. The first-order valence-electron chi connectivity index (χ1n) is 4.68. The zero-order chi connectivity index (χ0) is 11.7. The molecule has 0 saturated heterocycles. The van der Waals surface area contributed by atoms with E-state index in [4.69, 9.17) is 26.6 Å². The summed E-state index contributed by atoms with van der Waals surface area (Å²) in [7, 11) is 1.57. The molecule has 4 nitrogen and oxygen atoms in total. The average Bonchev–Trinajstić information content (AvgIpc) is 2.67. The molecular formula is C11H11ClN2O2. The molecule has 0 bridgehead atoms. The predicted octanol–water partition coefficient (Wildman–Crippen LogP) is 2.89. The molecule has 0 aliphatic carbocycles. The van der Waals surface area contributed by atoms with Crippen LogP contribution in [0.4, 0.5) is 5.82 Å². The minimum atomic E-state index is 0.325. The lowest BCUT2D eigenvalue weighted by Gasteiger charge is -2.07. The van der Waals surface area contributed by atoms with Gasteiger partial charge in [0.25, 0.3) is 0 Å². The van der Waals surface area contributed by atoms with Crippen LogP contribution in [0.1, 0.15) is 5.56 Å². The number of methoxy groups -OCH3 is 1. The normalized spacial score (nSPS) is 10.4. The number of hydrogen-bond acceptors (Lipinski definition) is 4. The number of aromatic nitrogens is 1. The van der Waals surface area contributed by atoms with E-state index in [9.17, 15) is 0 Å². The van der Waals surface area contributed by atoms with E-state index in [1.54, 1.807) is 13.2 Å². The first-order valence-corrected chi connectivity index (χ1v) is 5.06. The average molecular weight is 239 g/mol. The van der Waals surface area contributed by atoms with E-state index in [2.05, 4.69) is 5.16 Å². The third-order valence-electron chi connectivity index (χ3n) is 2.20. The van der Waals surface area contributed by atoms with Crippen molar-refractivity contribution < 1.29 is 9.26 Å². The predicted molar refractivity (Wildman–Crippen MR) is 62.7 cm³/mol. The van der Waals surface area contributed by atoms with Gasteiger partial charge in [-0.3, -0.25) is 0 Å². The first-order chi connectivity index (χ1) is 7.61. The van der Waals surface area contributed by atoms with Crippen LogP contribution in [0.25, 0.3) is 11.3 Å². The highest BCUT2D eigenvalue weighted by molar-refractivity contribution is 6.34. The fraction of sp³-hybridized carbons (Fsp3) is 0.182. The Morgan fingerprint density at radius 1 is 1.38 bits per heavy atom. The van der Waals surface area contributed by atoms with Gasteiger partial charge in [0.1, 0.15) is 5.75 Å². The molecule has 16 heavy (non-hydrogen) atoms. The van der Waals surface area contributed by atoms with Gasteiger partial charge in [-0.05, 0) is 24.6 Å². The minimum absolute atomic E-state index is 0.325. The Bertz CT molecular complexity index is 523.